The molecule has 0 radical (unpaired) electrons. The summed E-state index contributed by atoms with van der Waals surface area (Å²) in [6, 6.07) is 6.93. The van der Waals surface area contributed by atoms with Crippen LogP contribution in [-0.4, -0.2) is 30.8 Å². The molecule has 0 unspecified atom stereocenters. The number of hydrogen-bond donors (Lipinski definition) is 0. The standard InChI is InChI=1S/C16H23NO/c1-13(18)12-17(2)10-9-14-7-8-15-5-3-4-6-16(15)11-14/h7-8,11H,3-6,9-10,12H2,1-2H3. The Morgan fingerprint density at radius 3 is 2.67 bits per heavy atom. The maximum Gasteiger partial charge on any atom is 0.143 e. The highest BCUT2D eigenvalue weighted by atomic mass is 16.1. The topological polar surface area (TPSA) is 20.3 Å². The van der Waals surface area contributed by atoms with Gasteiger partial charge >= 0.3 is 0 Å². The van der Waals surface area contributed by atoms with Crippen molar-refractivity contribution in [2.75, 3.05) is 20.1 Å². The summed E-state index contributed by atoms with van der Waals surface area (Å²) in [4.78, 5) is 13.1. The molecule has 98 valence electrons. The summed E-state index contributed by atoms with van der Waals surface area (Å²) in [6.07, 6.45) is 6.21. The van der Waals surface area contributed by atoms with Crippen LogP contribution in [0.2, 0.25) is 0 Å². The lowest BCUT2D eigenvalue weighted by Crippen LogP contribution is -2.26. The molecule has 2 heteroatoms. The molecule has 1 aliphatic rings. The van der Waals surface area contributed by atoms with E-state index in [2.05, 4.69) is 23.1 Å². The molecule has 1 aromatic rings. The number of carbonyl (C=O) groups excluding carboxylic acids is 1. The number of ketones is 1. The third-order valence-corrected chi connectivity index (χ3v) is 3.69. The zero-order valence-electron chi connectivity index (χ0n) is 11.5. The van der Waals surface area contributed by atoms with Gasteiger partial charge in [-0.15, -0.1) is 0 Å². The Morgan fingerprint density at radius 1 is 1.22 bits per heavy atom. The van der Waals surface area contributed by atoms with Crippen molar-refractivity contribution in [1.82, 2.24) is 4.90 Å². The van der Waals surface area contributed by atoms with E-state index in [1.165, 1.54) is 31.2 Å². The van der Waals surface area contributed by atoms with E-state index in [1.54, 1.807) is 18.1 Å². The van der Waals surface area contributed by atoms with E-state index in [-0.39, 0.29) is 5.78 Å². The number of benzene rings is 1. The predicted octanol–water partition coefficient (Wildman–Crippen LogP) is 2.63. The minimum atomic E-state index is 0.239. The second-order valence-electron chi connectivity index (χ2n) is 5.50. The molecule has 0 amide bonds. The molecule has 0 atom stereocenters. The number of aryl methyl sites for hydroxylation is 2. The molecule has 0 fully saturated rings. The van der Waals surface area contributed by atoms with Crippen LogP contribution >= 0.6 is 0 Å². The molecule has 0 bridgehead atoms. The molecule has 0 saturated heterocycles. The molecule has 0 heterocycles. The van der Waals surface area contributed by atoms with Crippen molar-refractivity contribution in [3.63, 3.8) is 0 Å². The Labute approximate surface area is 110 Å². The number of fused-ring (bicyclic) bond motifs is 1. The van der Waals surface area contributed by atoms with Crippen molar-refractivity contribution >= 4 is 5.78 Å². The summed E-state index contributed by atoms with van der Waals surface area (Å²) < 4.78 is 0. The van der Waals surface area contributed by atoms with Gasteiger partial charge in [0.1, 0.15) is 5.78 Å². The van der Waals surface area contributed by atoms with Gasteiger partial charge in [-0.25, -0.2) is 0 Å². The summed E-state index contributed by atoms with van der Waals surface area (Å²) in [5.41, 5.74) is 4.50. The first kappa shape index (κ1) is 13.3. The van der Waals surface area contributed by atoms with Gasteiger partial charge in [-0.3, -0.25) is 9.69 Å². The number of rotatable bonds is 5. The van der Waals surface area contributed by atoms with Crippen LogP contribution in [0.3, 0.4) is 0 Å². The minimum Gasteiger partial charge on any atom is -0.299 e. The quantitative estimate of drug-likeness (QED) is 0.795. The van der Waals surface area contributed by atoms with E-state index in [1.807, 2.05) is 7.05 Å². The first-order valence-corrected chi connectivity index (χ1v) is 6.94. The Hall–Kier alpha value is -1.15. The average Bonchev–Trinajstić information content (AvgIpc) is 2.35. The van der Waals surface area contributed by atoms with Gasteiger partial charge in [-0.2, -0.15) is 0 Å². The van der Waals surface area contributed by atoms with Gasteiger partial charge in [0, 0.05) is 6.54 Å². The smallest absolute Gasteiger partial charge is 0.143 e. The van der Waals surface area contributed by atoms with Gasteiger partial charge in [0.25, 0.3) is 0 Å². The molecule has 0 saturated carbocycles. The second-order valence-corrected chi connectivity index (χ2v) is 5.50. The fraction of sp³-hybridized carbons (Fsp3) is 0.562. The molecule has 0 N–H and O–H groups in total. The van der Waals surface area contributed by atoms with Crippen molar-refractivity contribution in [2.45, 2.75) is 39.0 Å². The lowest BCUT2D eigenvalue weighted by Gasteiger charge is -2.18. The molecule has 1 aromatic carbocycles. The fourth-order valence-electron chi connectivity index (χ4n) is 2.72. The molecule has 2 rings (SSSR count). The van der Waals surface area contributed by atoms with Crippen molar-refractivity contribution in [2.24, 2.45) is 0 Å². The lowest BCUT2D eigenvalue weighted by atomic mass is 9.90. The van der Waals surface area contributed by atoms with Crippen LogP contribution in [-0.2, 0) is 24.1 Å². The highest BCUT2D eigenvalue weighted by Crippen LogP contribution is 2.22. The third kappa shape index (κ3) is 3.67. The zero-order chi connectivity index (χ0) is 13.0. The average molecular weight is 245 g/mol. The maximum atomic E-state index is 11.0. The zero-order valence-corrected chi connectivity index (χ0v) is 11.5. The van der Waals surface area contributed by atoms with Crippen molar-refractivity contribution in [3.05, 3.63) is 34.9 Å². The Bertz CT molecular complexity index is 425. The summed E-state index contributed by atoms with van der Waals surface area (Å²) in [5, 5.41) is 0. The number of likely N-dealkylation sites (N-methyl/N-ethyl adjacent to an activating group) is 1. The maximum absolute atomic E-state index is 11.0. The highest BCUT2D eigenvalue weighted by Gasteiger charge is 2.09. The lowest BCUT2D eigenvalue weighted by molar-refractivity contribution is -0.117. The van der Waals surface area contributed by atoms with Gasteiger partial charge in [-0.1, -0.05) is 18.2 Å². The SMILES string of the molecule is CC(=O)CN(C)CCc1ccc2c(c1)CCCC2. The van der Waals surface area contributed by atoms with E-state index >= 15 is 0 Å². The van der Waals surface area contributed by atoms with Crippen LogP contribution < -0.4 is 0 Å². The fourth-order valence-corrected chi connectivity index (χ4v) is 2.72. The molecule has 2 nitrogen and oxygen atoms in total. The predicted molar refractivity (Wildman–Crippen MR) is 75.0 cm³/mol. The summed E-state index contributed by atoms with van der Waals surface area (Å²) >= 11 is 0. The Morgan fingerprint density at radius 2 is 1.94 bits per heavy atom. The van der Waals surface area contributed by atoms with Crippen LogP contribution in [0.25, 0.3) is 0 Å². The largest absolute Gasteiger partial charge is 0.299 e. The first-order valence-electron chi connectivity index (χ1n) is 6.94. The third-order valence-electron chi connectivity index (χ3n) is 3.69. The number of Topliss-reactive ketones (excluding diaryl/α,β-unsaturated/α-hetero) is 1. The number of nitrogens with zero attached hydrogens (tertiary/aromatic N) is 1. The molecule has 1 aliphatic carbocycles. The Kier molecular flexibility index (Phi) is 4.54. The van der Waals surface area contributed by atoms with Crippen molar-refractivity contribution in [1.29, 1.82) is 0 Å². The van der Waals surface area contributed by atoms with E-state index in [4.69, 9.17) is 0 Å². The molecular formula is C16H23NO. The van der Waals surface area contributed by atoms with Crippen molar-refractivity contribution < 1.29 is 4.79 Å². The van der Waals surface area contributed by atoms with E-state index in [9.17, 15) is 4.79 Å². The van der Waals surface area contributed by atoms with Gasteiger partial charge < -0.3 is 0 Å². The van der Waals surface area contributed by atoms with Gasteiger partial charge in [-0.05, 0) is 62.8 Å². The van der Waals surface area contributed by atoms with Gasteiger partial charge in [0.2, 0.25) is 0 Å². The first-order chi connectivity index (χ1) is 8.65. The molecule has 0 spiro atoms. The van der Waals surface area contributed by atoms with Crippen LogP contribution in [0.5, 0.6) is 0 Å². The summed E-state index contributed by atoms with van der Waals surface area (Å²) in [7, 11) is 2.01. The van der Waals surface area contributed by atoms with Gasteiger partial charge in [0.15, 0.2) is 0 Å². The van der Waals surface area contributed by atoms with E-state index in [0.29, 0.717) is 6.54 Å². The van der Waals surface area contributed by atoms with Crippen LogP contribution in [0.15, 0.2) is 18.2 Å². The van der Waals surface area contributed by atoms with Crippen LogP contribution in [0, 0.1) is 0 Å². The van der Waals surface area contributed by atoms with E-state index < -0.39 is 0 Å². The van der Waals surface area contributed by atoms with E-state index in [0.717, 1.165) is 13.0 Å². The molecular weight excluding hydrogens is 222 g/mol. The van der Waals surface area contributed by atoms with Crippen LogP contribution in [0.1, 0.15) is 36.5 Å². The number of carbonyl (C=O) groups is 1. The summed E-state index contributed by atoms with van der Waals surface area (Å²) in [6.45, 7) is 3.17. The summed E-state index contributed by atoms with van der Waals surface area (Å²) in [5.74, 6) is 0.239. The molecule has 18 heavy (non-hydrogen) atoms. The monoisotopic (exact) mass is 245 g/mol. The normalized spacial score (nSPS) is 14.6. The van der Waals surface area contributed by atoms with Crippen LogP contribution in [0.4, 0.5) is 0 Å². The number of hydrogen-bond acceptors (Lipinski definition) is 2. The molecule has 0 aliphatic heterocycles. The Balaban J connectivity index is 1.91. The van der Waals surface area contributed by atoms with Gasteiger partial charge in [0.05, 0.1) is 6.54 Å². The second kappa shape index (κ2) is 6.14. The van der Waals surface area contributed by atoms with Crippen molar-refractivity contribution in [3.8, 4) is 0 Å². The highest BCUT2D eigenvalue weighted by molar-refractivity contribution is 5.77. The minimum absolute atomic E-state index is 0.239. The molecule has 0 aromatic heterocycles.